The topological polar surface area (TPSA) is 35.6 Å². The van der Waals surface area contributed by atoms with Crippen LogP contribution in [0.15, 0.2) is 24.3 Å². The number of hydrogen-bond donors (Lipinski definition) is 1. The number of nitrogens with one attached hydrogen (secondary N) is 1. The van der Waals surface area contributed by atoms with E-state index in [2.05, 4.69) is 23.2 Å². The second-order valence-electron chi connectivity index (χ2n) is 5.73. The first-order valence-corrected chi connectivity index (χ1v) is 8.57. The predicted molar refractivity (Wildman–Crippen MR) is 92.6 cm³/mol. The van der Waals surface area contributed by atoms with Gasteiger partial charge >= 0.3 is 0 Å². The molecule has 0 saturated carbocycles. The predicted octanol–water partition coefficient (Wildman–Crippen LogP) is 2.77. The Morgan fingerprint density at radius 1 is 1.23 bits per heavy atom. The van der Waals surface area contributed by atoms with Crippen molar-refractivity contribution in [1.29, 1.82) is 0 Å². The molecule has 1 aliphatic rings. The summed E-state index contributed by atoms with van der Waals surface area (Å²) >= 11 is 6.04. The third-order valence-electron chi connectivity index (χ3n) is 4.04. The van der Waals surface area contributed by atoms with Crippen LogP contribution in [0.4, 0.5) is 5.69 Å². The fourth-order valence-corrected chi connectivity index (χ4v) is 2.88. The van der Waals surface area contributed by atoms with E-state index in [1.54, 1.807) is 0 Å². The van der Waals surface area contributed by atoms with Crippen molar-refractivity contribution in [3.63, 3.8) is 0 Å². The third kappa shape index (κ3) is 5.18. The SMILES string of the molecule is CCCCCNCC(=O)N1CCN(c2cccc(Cl)c2)CC1. The number of unbranched alkanes of at least 4 members (excludes halogenated alkanes) is 2. The molecule has 1 saturated heterocycles. The molecule has 1 aromatic rings. The largest absolute Gasteiger partial charge is 0.368 e. The summed E-state index contributed by atoms with van der Waals surface area (Å²) in [4.78, 5) is 16.4. The van der Waals surface area contributed by atoms with Gasteiger partial charge in [-0.05, 0) is 31.2 Å². The molecule has 0 aliphatic carbocycles. The van der Waals surface area contributed by atoms with E-state index >= 15 is 0 Å². The van der Waals surface area contributed by atoms with Gasteiger partial charge in [-0.2, -0.15) is 0 Å². The summed E-state index contributed by atoms with van der Waals surface area (Å²) < 4.78 is 0. The molecule has 5 heteroatoms. The summed E-state index contributed by atoms with van der Waals surface area (Å²) in [6, 6.07) is 7.90. The zero-order chi connectivity index (χ0) is 15.8. The van der Waals surface area contributed by atoms with Crippen molar-refractivity contribution >= 4 is 23.2 Å². The fourth-order valence-electron chi connectivity index (χ4n) is 2.69. The van der Waals surface area contributed by atoms with Crippen LogP contribution >= 0.6 is 11.6 Å². The Morgan fingerprint density at radius 3 is 2.68 bits per heavy atom. The monoisotopic (exact) mass is 323 g/mol. The summed E-state index contributed by atoms with van der Waals surface area (Å²) in [5, 5.41) is 4.00. The van der Waals surface area contributed by atoms with Crippen LogP contribution in [-0.2, 0) is 4.79 Å². The molecule has 0 unspecified atom stereocenters. The van der Waals surface area contributed by atoms with Crippen LogP contribution in [0, 0.1) is 0 Å². The van der Waals surface area contributed by atoms with E-state index in [9.17, 15) is 4.79 Å². The summed E-state index contributed by atoms with van der Waals surface area (Å²) in [7, 11) is 0. The average Bonchev–Trinajstić information content (AvgIpc) is 2.54. The molecule has 4 nitrogen and oxygen atoms in total. The van der Waals surface area contributed by atoms with Gasteiger partial charge in [0.25, 0.3) is 0 Å². The van der Waals surface area contributed by atoms with Crippen LogP contribution in [-0.4, -0.2) is 50.1 Å². The molecule has 0 bridgehead atoms. The number of carbonyl (C=O) groups is 1. The first-order chi connectivity index (χ1) is 10.7. The lowest BCUT2D eigenvalue weighted by Gasteiger charge is -2.36. The highest BCUT2D eigenvalue weighted by Crippen LogP contribution is 2.20. The minimum absolute atomic E-state index is 0.210. The molecule has 1 aromatic carbocycles. The Labute approximate surface area is 138 Å². The van der Waals surface area contributed by atoms with E-state index in [0.717, 1.165) is 49.9 Å². The minimum Gasteiger partial charge on any atom is -0.368 e. The van der Waals surface area contributed by atoms with E-state index in [-0.39, 0.29) is 5.91 Å². The van der Waals surface area contributed by atoms with Crippen molar-refractivity contribution in [3.8, 4) is 0 Å². The number of hydrogen-bond acceptors (Lipinski definition) is 3. The van der Waals surface area contributed by atoms with Crippen LogP contribution in [0.5, 0.6) is 0 Å². The summed E-state index contributed by atoms with van der Waals surface area (Å²) in [6.45, 7) is 6.86. The first-order valence-electron chi connectivity index (χ1n) is 8.19. The summed E-state index contributed by atoms with van der Waals surface area (Å²) in [5.41, 5.74) is 1.14. The molecule has 22 heavy (non-hydrogen) atoms. The standard InChI is InChI=1S/C17H26ClN3O/c1-2-3-4-8-19-14-17(22)21-11-9-20(10-12-21)16-7-5-6-15(18)13-16/h5-7,13,19H,2-4,8-12,14H2,1H3. The Balaban J connectivity index is 1.71. The van der Waals surface area contributed by atoms with Gasteiger partial charge in [0.05, 0.1) is 6.54 Å². The Bertz CT molecular complexity index is 473. The second-order valence-corrected chi connectivity index (χ2v) is 6.17. The van der Waals surface area contributed by atoms with Crippen LogP contribution in [0.2, 0.25) is 5.02 Å². The number of piperazine rings is 1. The molecule has 122 valence electrons. The van der Waals surface area contributed by atoms with Gasteiger partial charge in [0, 0.05) is 36.9 Å². The molecule has 0 aromatic heterocycles. The molecule has 0 spiro atoms. The second kappa shape index (κ2) is 9.01. The van der Waals surface area contributed by atoms with Gasteiger partial charge in [-0.1, -0.05) is 37.4 Å². The molecule has 1 amide bonds. The van der Waals surface area contributed by atoms with Gasteiger partial charge in [-0.3, -0.25) is 4.79 Å². The van der Waals surface area contributed by atoms with E-state index in [4.69, 9.17) is 11.6 Å². The van der Waals surface area contributed by atoms with Gasteiger partial charge in [-0.15, -0.1) is 0 Å². The first kappa shape index (κ1) is 17.1. The highest BCUT2D eigenvalue weighted by atomic mass is 35.5. The maximum absolute atomic E-state index is 12.2. The lowest BCUT2D eigenvalue weighted by Crippen LogP contribution is -2.50. The van der Waals surface area contributed by atoms with Crippen molar-refractivity contribution in [1.82, 2.24) is 10.2 Å². The molecular weight excluding hydrogens is 298 g/mol. The lowest BCUT2D eigenvalue weighted by molar-refractivity contribution is -0.130. The van der Waals surface area contributed by atoms with Gasteiger partial charge < -0.3 is 15.1 Å². The number of benzene rings is 1. The van der Waals surface area contributed by atoms with Gasteiger partial charge in [0.15, 0.2) is 0 Å². The maximum Gasteiger partial charge on any atom is 0.236 e. The number of carbonyl (C=O) groups excluding carboxylic acids is 1. The van der Waals surface area contributed by atoms with Gasteiger partial charge in [0.1, 0.15) is 0 Å². The Hall–Kier alpha value is -1.26. The van der Waals surface area contributed by atoms with Gasteiger partial charge in [-0.25, -0.2) is 0 Å². The quantitative estimate of drug-likeness (QED) is 0.784. The zero-order valence-electron chi connectivity index (χ0n) is 13.4. The Morgan fingerprint density at radius 2 is 2.00 bits per heavy atom. The number of halogens is 1. The number of anilines is 1. The summed E-state index contributed by atoms with van der Waals surface area (Å²) in [6.07, 6.45) is 3.58. The number of amides is 1. The van der Waals surface area contributed by atoms with Crippen molar-refractivity contribution in [2.45, 2.75) is 26.2 Å². The van der Waals surface area contributed by atoms with Crippen LogP contribution in [0.3, 0.4) is 0 Å². The van der Waals surface area contributed by atoms with Gasteiger partial charge in [0.2, 0.25) is 5.91 Å². The molecule has 2 rings (SSSR count). The summed E-state index contributed by atoms with van der Waals surface area (Å²) in [5.74, 6) is 0.210. The smallest absolute Gasteiger partial charge is 0.236 e. The molecular formula is C17H26ClN3O. The normalized spacial score (nSPS) is 15.2. The highest BCUT2D eigenvalue weighted by Gasteiger charge is 2.20. The van der Waals surface area contributed by atoms with Crippen molar-refractivity contribution in [2.75, 3.05) is 44.2 Å². The number of nitrogens with zero attached hydrogens (tertiary/aromatic N) is 2. The van der Waals surface area contributed by atoms with Crippen molar-refractivity contribution in [3.05, 3.63) is 29.3 Å². The van der Waals surface area contributed by atoms with Crippen LogP contribution in [0.25, 0.3) is 0 Å². The maximum atomic E-state index is 12.2. The molecule has 0 radical (unpaired) electrons. The third-order valence-corrected chi connectivity index (χ3v) is 4.27. The Kier molecular flexibility index (Phi) is 7.00. The molecule has 0 atom stereocenters. The molecule has 1 N–H and O–H groups in total. The van der Waals surface area contributed by atoms with E-state index in [1.807, 2.05) is 23.1 Å². The van der Waals surface area contributed by atoms with Crippen molar-refractivity contribution in [2.24, 2.45) is 0 Å². The van der Waals surface area contributed by atoms with Crippen molar-refractivity contribution < 1.29 is 4.79 Å². The van der Waals surface area contributed by atoms with E-state index < -0.39 is 0 Å². The average molecular weight is 324 g/mol. The lowest BCUT2D eigenvalue weighted by atomic mass is 10.2. The van der Waals surface area contributed by atoms with E-state index in [0.29, 0.717) is 6.54 Å². The highest BCUT2D eigenvalue weighted by molar-refractivity contribution is 6.30. The van der Waals surface area contributed by atoms with Crippen LogP contribution in [0.1, 0.15) is 26.2 Å². The molecule has 1 heterocycles. The molecule has 1 aliphatic heterocycles. The minimum atomic E-state index is 0.210. The zero-order valence-corrected chi connectivity index (χ0v) is 14.1. The van der Waals surface area contributed by atoms with Crippen LogP contribution < -0.4 is 10.2 Å². The molecule has 1 fully saturated rings. The number of rotatable bonds is 7. The fraction of sp³-hybridized carbons (Fsp3) is 0.588. The van der Waals surface area contributed by atoms with E-state index in [1.165, 1.54) is 12.8 Å².